The highest BCUT2D eigenvalue weighted by Gasteiger charge is 2.29. The number of hydrogen-bond donors (Lipinski definition) is 1. The van der Waals surface area contributed by atoms with Crippen molar-refractivity contribution in [2.24, 2.45) is 5.92 Å². The number of halogens is 1. The number of carbonyl (C=O) groups excluding carboxylic acids is 1. The number of nitrogens with one attached hydrogen (secondary N) is 1. The monoisotopic (exact) mass is 451 g/mol. The Bertz CT molecular complexity index is 706. The molecule has 0 bridgehead atoms. The summed E-state index contributed by atoms with van der Waals surface area (Å²) < 4.78 is 5.90. The standard InChI is InChI=1S/C19H22IN3O2/c1-13-5-3-4-6-15(9-13)23-11-17(12-23)25-16-7-8-18(21-10-16)14(2)22-19(20)24/h3-10,13-14,17H,11-12H2,1-2H3,(H,22,24). The average Bonchev–Trinajstić information content (AvgIpc) is 2.74. The van der Waals surface area contributed by atoms with Gasteiger partial charge in [0.1, 0.15) is 11.9 Å². The molecule has 132 valence electrons. The number of allylic oxidation sites excluding steroid dienone is 5. The summed E-state index contributed by atoms with van der Waals surface area (Å²) in [4.78, 5) is 17.8. The lowest BCUT2D eigenvalue weighted by Crippen LogP contribution is -2.52. The lowest BCUT2D eigenvalue weighted by molar-refractivity contribution is 0.0462. The third-order valence-electron chi connectivity index (χ3n) is 4.28. The summed E-state index contributed by atoms with van der Waals surface area (Å²) in [6, 6.07) is 3.70. The first-order valence-electron chi connectivity index (χ1n) is 8.41. The van der Waals surface area contributed by atoms with Crippen molar-refractivity contribution in [2.45, 2.75) is 26.0 Å². The van der Waals surface area contributed by atoms with Crippen molar-refractivity contribution in [2.75, 3.05) is 13.1 Å². The van der Waals surface area contributed by atoms with Gasteiger partial charge in [0, 0.05) is 28.3 Å². The van der Waals surface area contributed by atoms with Crippen LogP contribution < -0.4 is 10.1 Å². The Morgan fingerprint density at radius 2 is 2.20 bits per heavy atom. The normalized spacial score (nSPS) is 21.2. The third kappa shape index (κ3) is 4.84. The molecule has 0 saturated carbocycles. The van der Waals surface area contributed by atoms with Gasteiger partial charge in [-0.05, 0) is 31.1 Å². The SMILES string of the molecule is CC1C=CC=CC(N2CC(Oc3ccc(C(C)NC(=O)I)nc3)C2)=C1. The van der Waals surface area contributed by atoms with Crippen LogP contribution in [0, 0.1) is 5.92 Å². The minimum Gasteiger partial charge on any atom is -0.485 e. The van der Waals surface area contributed by atoms with E-state index in [1.54, 1.807) is 28.8 Å². The summed E-state index contributed by atoms with van der Waals surface area (Å²) in [7, 11) is 0. The largest absolute Gasteiger partial charge is 0.485 e. The number of nitrogens with zero attached hydrogens (tertiary/aromatic N) is 2. The van der Waals surface area contributed by atoms with Crippen molar-refractivity contribution >= 4 is 26.5 Å². The second-order valence-electron chi connectivity index (χ2n) is 6.40. The van der Waals surface area contributed by atoms with Crippen molar-refractivity contribution in [3.63, 3.8) is 0 Å². The fraction of sp³-hybridized carbons (Fsp3) is 0.368. The van der Waals surface area contributed by atoms with E-state index in [0.717, 1.165) is 24.5 Å². The van der Waals surface area contributed by atoms with Crippen LogP contribution in [0.3, 0.4) is 0 Å². The van der Waals surface area contributed by atoms with Gasteiger partial charge in [-0.15, -0.1) is 0 Å². The maximum absolute atomic E-state index is 11.1. The zero-order valence-electron chi connectivity index (χ0n) is 14.4. The van der Waals surface area contributed by atoms with Crippen LogP contribution in [0.5, 0.6) is 5.75 Å². The van der Waals surface area contributed by atoms with E-state index in [9.17, 15) is 4.79 Å². The molecule has 1 saturated heterocycles. The van der Waals surface area contributed by atoms with Crippen LogP contribution in [0.4, 0.5) is 4.79 Å². The number of hydrogen-bond acceptors (Lipinski definition) is 4. The van der Waals surface area contributed by atoms with Gasteiger partial charge in [-0.2, -0.15) is 0 Å². The van der Waals surface area contributed by atoms with Crippen molar-refractivity contribution in [1.82, 2.24) is 15.2 Å². The lowest BCUT2D eigenvalue weighted by Gasteiger charge is -2.41. The summed E-state index contributed by atoms with van der Waals surface area (Å²) >= 11 is 1.72. The van der Waals surface area contributed by atoms with Gasteiger partial charge in [0.05, 0.1) is 31.0 Å². The van der Waals surface area contributed by atoms with Crippen molar-refractivity contribution < 1.29 is 9.53 Å². The van der Waals surface area contributed by atoms with E-state index in [4.69, 9.17) is 4.74 Å². The Morgan fingerprint density at radius 3 is 2.88 bits per heavy atom. The topological polar surface area (TPSA) is 54.5 Å². The van der Waals surface area contributed by atoms with Crippen LogP contribution in [-0.2, 0) is 0 Å². The number of pyridine rings is 1. The van der Waals surface area contributed by atoms with Gasteiger partial charge in [-0.1, -0.05) is 31.2 Å². The average molecular weight is 451 g/mol. The fourth-order valence-electron chi connectivity index (χ4n) is 2.86. The Balaban J connectivity index is 1.51. The first kappa shape index (κ1) is 18.0. The predicted octanol–water partition coefficient (Wildman–Crippen LogP) is 4.00. The maximum atomic E-state index is 11.1. The molecule has 6 heteroatoms. The number of rotatable bonds is 5. The van der Waals surface area contributed by atoms with E-state index < -0.39 is 0 Å². The van der Waals surface area contributed by atoms with Crippen molar-refractivity contribution in [3.8, 4) is 5.75 Å². The molecule has 2 aliphatic rings. The Kier molecular flexibility index (Phi) is 5.78. The molecular formula is C19H22IN3O2. The number of ether oxygens (including phenoxy) is 1. The Hall–Kier alpha value is -1.83. The quantitative estimate of drug-likeness (QED) is 0.418. The molecular weight excluding hydrogens is 429 g/mol. The number of carbonyl (C=O) groups is 1. The number of aromatic nitrogens is 1. The third-order valence-corrected chi connectivity index (χ3v) is 4.59. The van der Waals surface area contributed by atoms with Crippen molar-refractivity contribution in [1.29, 1.82) is 0 Å². The zero-order valence-corrected chi connectivity index (χ0v) is 16.5. The van der Waals surface area contributed by atoms with Gasteiger partial charge < -0.3 is 15.0 Å². The summed E-state index contributed by atoms with van der Waals surface area (Å²) in [5.41, 5.74) is 2.08. The van der Waals surface area contributed by atoms with Crippen LogP contribution in [0.2, 0.25) is 0 Å². The first-order valence-corrected chi connectivity index (χ1v) is 9.49. The van der Waals surface area contributed by atoms with E-state index >= 15 is 0 Å². The molecule has 1 aliphatic carbocycles. The fourth-order valence-corrected chi connectivity index (χ4v) is 3.33. The molecule has 1 aromatic rings. The molecule has 1 fully saturated rings. The molecule has 1 N–H and O–H groups in total. The van der Waals surface area contributed by atoms with Crippen LogP contribution in [-0.4, -0.2) is 33.0 Å². The summed E-state index contributed by atoms with van der Waals surface area (Å²) in [6.07, 6.45) is 12.7. The summed E-state index contributed by atoms with van der Waals surface area (Å²) in [6.45, 7) is 5.86. The molecule has 2 heterocycles. The smallest absolute Gasteiger partial charge is 0.281 e. The first-order chi connectivity index (χ1) is 12.0. The predicted molar refractivity (Wildman–Crippen MR) is 107 cm³/mol. The Labute approximate surface area is 162 Å². The second kappa shape index (κ2) is 8.03. The van der Waals surface area contributed by atoms with Crippen LogP contribution in [0.1, 0.15) is 25.6 Å². The second-order valence-corrected chi connectivity index (χ2v) is 7.38. The molecule has 1 amide bonds. The van der Waals surface area contributed by atoms with E-state index in [1.165, 1.54) is 5.70 Å². The zero-order chi connectivity index (χ0) is 17.8. The van der Waals surface area contributed by atoms with Crippen LogP contribution in [0.25, 0.3) is 0 Å². The molecule has 0 spiro atoms. The van der Waals surface area contributed by atoms with E-state index in [0.29, 0.717) is 5.92 Å². The lowest BCUT2D eigenvalue weighted by atomic mass is 10.1. The number of likely N-dealkylation sites (tertiary alicyclic amines) is 1. The van der Waals surface area contributed by atoms with Gasteiger partial charge in [0.15, 0.2) is 0 Å². The van der Waals surface area contributed by atoms with Crippen LogP contribution >= 0.6 is 22.6 Å². The van der Waals surface area contributed by atoms with E-state index in [-0.39, 0.29) is 16.1 Å². The summed E-state index contributed by atoms with van der Waals surface area (Å²) in [5.74, 6) is 1.22. The molecule has 1 aliphatic heterocycles. The molecule has 0 radical (unpaired) electrons. The molecule has 0 aromatic carbocycles. The highest BCUT2D eigenvalue weighted by atomic mass is 127. The van der Waals surface area contributed by atoms with Crippen molar-refractivity contribution in [3.05, 3.63) is 60.1 Å². The highest BCUT2D eigenvalue weighted by Crippen LogP contribution is 2.24. The van der Waals surface area contributed by atoms with Gasteiger partial charge in [0.25, 0.3) is 3.91 Å². The molecule has 3 rings (SSSR count). The van der Waals surface area contributed by atoms with E-state index in [1.807, 2.05) is 19.1 Å². The van der Waals surface area contributed by atoms with E-state index in [2.05, 4.69) is 52.5 Å². The molecule has 1 aromatic heterocycles. The molecule has 2 unspecified atom stereocenters. The van der Waals surface area contributed by atoms with Crippen LogP contribution in [0.15, 0.2) is 54.4 Å². The van der Waals surface area contributed by atoms with Gasteiger partial charge >= 0.3 is 0 Å². The Morgan fingerprint density at radius 1 is 1.40 bits per heavy atom. The maximum Gasteiger partial charge on any atom is 0.281 e. The van der Waals surface area contributed by atoms with Gasteiger partial charge in [0.2, 0.25) is 0 Å². The number of amides is 1. The highest BCUT2D eigenvalue weighted by molar-refractivity contribution is 14.1. The molecule has 5 nitrogen and oxygen atoms in total. The molecule has 2 atom stereocenters. The van der Waals surface area contributed by atoms with Gasteiger partial charge in [-0.3, -0.25) is 9.78 Å². The minimum atomic E-state index is -0.109. The summed E-state index contributed by atoms with van der Waals surface area (Å²) in [5, 5.41) is 2.81. The molecule has 25 heavy (non-hydrogen) atoms. The van der Waals surface area contributed by atoms with Gasteiger partial charge in [-0.25, -0.2) is 0 Å². The minimum absolute atomic E-state index is 0.0897.